The Morgan fingerprint density at radius 2 is 2.33 bits per heavy atom. The van der Waals surface area contributed by atoms with Crippen molar-refractivity contribution < 1.29 is 4.74 Å². The van der Waals surface area contributed by atoms with Crippen molar-refractivity contribution in [3.8, 4) is 5.88 Å². The third-order valence-electron chi connectivity index (χ3n) is 2.36. The maximum absolute atomic E-state index is 5.63. The molecule has 0 aromatic carbocycles. The van der Waals surface area contributed by atoms with E-state index in [9.17, 15) is 0 Å². The first kappa shape index (κ1) is 10.5. The fraction of sp³-hybridized carbons (Fsp3) is 0.600. The molecule has 2 rings (SSSR count). The van der Waals surface area contributed by atoms with E-state index in [1.807, 2.05) is 6.26 Å². The lowest BCUT2D eigenvalue weighted by Gasteiger charge is -2.06. The topological polar surface area (TPSA) is 61.0 Å². The van der Waals surface area contributed by atoms with Crippen LogP contribution in [0.1, 0.15) is 19.3 Å². The van der Waals surface area contributed by atoms with Crippen LogP contribution in [0.4, 0.5) is 5.82 Å². The van der Waals surface area contributed by atoms with Crippen molar-refractivity contribution in [2.24, 2.45) is 5.92 Å². The minimum Gasteiger partial charge on any atom is -0.477 e. The molecule has 1 aromatic rings. The predicted molar refractivity (Wildman–Crippen MR) is 61.1 cm³/mol. The van der Waals surface area contributed by atoms with Crippen LogP contribution in [0.15, 0.2) is 11.2 Å². The number of nitrogen functional groups attached to an aromatic ring is 1. The van der Waals surface area contributed by atoms with E-state index in [2.05, 4.69) is 9.97 Å². The van der Waals surface area contributed by atoms with Crippen LogP contribution in [0.3, 0.4) is 0 Å². The van der Waals surface area contributed by atoms with Crippen molar-refractivity contribution in [2.75, 3.05) is 18.6 Å². The minimum atomic E-state index is 0.468. The molecule has 0 amide bonds. The molecule has 0 unspecified atom stereocenters. The van der Waals surface area contributed by atoms with E-state index in [1.165, 1.54) is 24.6 Å². The maximum atomic E-state index is 5.63. The molecule has 0 radical (unpaired) electrons. The predicted octanol–water partition coefficient (Wildman–Crippen LogP) is 1.96. The molecule has 4 nitrogen and oxygen atoms in total. The molecule has 0 atom stereocenters. The van der Waals surface area contributed by atoms with Gasteiger partial charge in [-0.05, 0) is 18.6 Å². The van der Waals surface area contributed by atoms with E-state index in [0.717, 1.165) is 18.9 Å². The highest BCUT2D eigenvalue weighted by atomic mass is 32.2. The Labute approximate surface area is 93.6 Å². The number of hydrogen-bond donors (Lipinski definition) is 1. The van der Waals surface area contributed by atoms with Gasteiger partial charge in [0.1, 0.15) is 5.82 Å². The van der Waals surface area contributed by atoms with Gasteiger partial charge in [0.05, 0.1) is 6.61 Å². The van der Waals surface area contributed by atoms with Crippen molar-refractivity contribution in [2.45, 2.75) is 24.4 Å². The summed E-state index contributed by atoms with van der Waals surface area (Å²) in [7, 11) is 0. The molecule has 1 aromatic heterocycles. The quantitative estimate of drug-likeness (QED) is 0.613. The summed E-state index contributed by atoms with van der Waals surface area (Å²) in [4.78, 5) is 8.28. The van der Waals surface area contributed by atoms with Crippen LogP contribution in [0.2, 0.25) is 0 Å². The van der Waals surface area contributed by atoms with Gasteiger partial charge in [-0.15, -0.1) is 0 Å². The lowest BCUT2D eigenvalue weighted by atomic mass is 10.3. The Hall–Kier alpha value is -0.970. The van der Waals surface area contributed by atoms with Crippen LogP contribution in [0.5, 0.6) is 5.88 Å². The molecule has 0 saturated heterocycles. The zero-order chi connectivity index (χ0) is 10.7. The van der Waals surface area contributed by atoms with E-state index >= 15 is 0 Å². The van der Waals surface area contributed by atoms with Crippen molar-refractivity contribution in [3.05, 3.63) is 6.07 Å². The van der Waals surface area contributed by atoms with Crippen molar-refractivity contribution >= 4 is 17.6 Å². The van der Waals surface area contributed by atoms with Gasteiger partial charge >= 0.3 is 0 Å². The van der Waals surface area contributed by atoms with Gasteiger partial charge in [-0.3, -0.25) is 0 Å². The highest BCUT2D eigenvalue weighted by Gasteiger charge is 2.20. The van der Waals surface area contributed by atoms with Crippen LogP contribution in [0.25, 0.3) is 0 Å². The molecule has 0 aliphatic heterocycles. The summed E-state index contributed by atoms with van der Waals surface area (Å²) in [6.45, 7) is 0.731. The van der Waals surface area contributed by atoms with Crippen LogP contribution in [0, 0.1) is 5.92 Å². The van der Waals surface area contributed by atoms with Crippen molar-refractivity contribution in [1.82, 2.24) is 9.97 Å². The van der Waals surface area contributed by atoms with Gasteiger partial charge in [0.25, 0.3) is 0 Å². The second kappa shape index (κ2) is 4.70. The maximum Gasteiger partial charge on any atom is 0.219 e. The molecule has 5 heteroatoms. The molecule has 1 aliphatic carbocycles. The first-order chi connectivity index (χ1) is 7.28. The summed E-state index contributed by atoms with van der Waals surface area (Å²) < 4.78 is 5.54. The highest BCUT2D eigenvalue weighted by molar-refractivity contribution is 7.98. The molecule has 15 heavy (non-hydrogen) atoms. The lowest BCUT2D eigenvalue weighted by molar-refractivity contribution is 0.288. The summed E-state index contributed by atoms with van der Waals surface area (Å²) >= 11 is 1.47. The molecule has 1 aliphatic rings. The first-order valence-corrected chi connectivity index (χ1v) is 6.32. The van der Waals surface area contributed by atoms with Crippen molar-refractivity contribution in [1.29, 1.82) is 0 Å². The highest BCUT2D eigenvalue weighted by Crippen LogP contribution is 2.32. The van der Waals surface area contributed by atoms with Gasteiger partial charge in [-0.1, -0.05) is 24.6 Å². The zero-order valence-electron chi connectivity index (χ0n) is 8.77. The third kappa shape index (κ3) is 3.27. The molecule has 82 valence electrons. The summed E-state index contributed by atoms with van der Waals surface area (Å²) in [5.74, 6) is 1.94. The fourth-order valence-corrected chi connectivity index (χ4v) is 1.70. The second-order valence-corrected chi connectivity index (χ2v) is 4.47. The SMILES string of the molecule is CSc1nc(N)cc(OCCC2CC2)n1. The van der Waals surface area contributed by atoms with Gasteiger partial charge in [0.15, 0.2) is 5.16 Å². The Morgan fingerprint density at radius 3 is 3.00 bits per heavy atom. The number of aromatic nitrogens is 2. The molecule has 0 spiro atoms. The number of nitrogens with two attached hydrogens (primary N) is 1. The van der Waals surface area contributed by atoms with E-state index in [-0.39, 0.29) is 0 Å². The fourth-order valence-electron chi connectivity index (χ4n) is 1.32. The molecule has 1 fully saturated rings. The number of anilines is 1. The molecule has 0 bridgehead atoms. The van der Waals surface area contributed by atoms with Gasteiger partial charge in [-0.2, -0.15) is 4.98 Å². The monoisotopic (exact) mass is 225 g/mol. The Kier molecular flexibility index (Phi) is 3.30. The second-order valence-electron chi connectivity index (χ2n) is 3.70. The Balaban J connectivity index is 1.90. The van der Waals surface area contributed by atoms with E-state index in [1.54, 1.807) is 6.07 Å². The van der Waals surface area contributed by atoms with Gasteiger partial charge in [0, 0.05) is 6.07 Å². The van der Waals surface area contributed by atoms with Gasteiger partial charge in [0.2, 0.25) is 5.88 Å². The molecule has 1 heterocycles. The van der Waals surface area contributed by atoms with E-state index < -0.39 is 0 Å². The summed E-state index contributed by atoms with van der Waals surface area (Å²) in [6.07, 6.45) is 5.75. The summed E-state index contributed by atoms with van der Waals surface area (Å²) in [5, 5.41) is 0.663. The van der Waals surface area contributed by atoms with Crippen molar-refractivity contribution in [3.63, 3.8) is 0 Å². The largest absolute Gasteiger partial charge is 0.477 e. The Bertz CT molecular complexity index is 341. The van der Waals surface area contributed by atoms with Gasteiger partial charge < -0.3 is 10.5 Å². The third-order valence-corrected chi connectivity index (χ3v) is 2.91. The van der Waals surface area contributed by atoms with Crippen LogP contribution in [-0.2, 0) is 0 Å². The van der Waals surface area contributed by atoms with E-state index in [4.69, 9.17) is 10.5 Å². The number of hydrogen-bond acceptors (Lipinski definition) is 5. The number of ether oxygens (including phenoxy) is 1. The van der Waals surface area contributed by atoms with Gasteiger partial charge in [-0.25, -0.2) is 4.98 Å². The lowest BCUT2D eigenvalue weighted by Crippen LogP contribution is -2.03. The average molecular weight is 225 g/mol. The molecular weight excluding hydrogens is 210 g/mol. The van der Waals surface area contributed by atoms with Crippen LogP contribution in [-0.4, -0.2) is 22.8 Å². The van der Waals surface area contributed by atoms with Crippen LogP contribution >= 0.6 is 11.8 Å². The number of thioether (sulfide) groups is 1. The minimum absolute atomic E-state index is 0.468. The standard InChI is InChI=1S/C10H15N3OS/c1-15-10-12-8(11)6-9(13-10)14-5-4-7-2-3-7/h6-7H,2-5H2,1H3,(H2,11,12,13). The first-order valence-electron chi connectivity index (χ1n) is 5.09. The summed E-state index contributed by atoms with van der Waals surface area (Å²) in [6, 6.07) is 1.67. The normalized spacial score (nSPS) is 15.3. The number of nitrogens with zero attached hydrogens (tertiary/aromatic N) is 2. The zero-order valence-corrected chi connectivity index (χ0v) is 9.59. The number of rotatable bonds is 5. The molecule has 1 saturated carbocycles. The Morgan fingerprint density at radius 1 is 1.53 bits per heavy atom. The van der Waals surface area contributed by atoms with E-state index in [0.29, 0.717) is 16.9 Å². The average Bonchev–Trinajstić information content (AvgIpc) is 3.01. The summed E-state index contributed by atoms with van der Waals surface area (Å²) in [5.41, 5.74) is 5.63. The molecular formula is C10H15N3OS. The molecule has 2 N–H and O–H groups in total. The smallest absolute Gasteiger partial charge is 0.219 e. The van der Waals surface area contributed by atoms with Crippen LogP contribution < -0.4 is 10.5 Å².